The van der Waals surface area contributed by atoms with Crippen LogP contribution in [0.25, 0.3) is 0 Å². The first-order valence-corrected chi connectivity index (χ1v) is 8.14. The van der Waals surface area contributed by atoms with Crippen molar-refractivity contribution >= 4 is 29.9 Å². The second-order valence-corrected chi connectivity index (χ2v) is 5.67. The first-order chi connectivity index (χ1) is 11.2. The maximum Gasteiger partial charge on any atom is 0.416 e. The van der Waals surface area contributed by atoms with E-state index in [0.29, 0.717) is 37.5 Å². The average Bonchev–Trinajstić information content (AvgIpc) is 2.56. The van der Waals surface area contributed by atoms with Crippen molar-refractivity contribution < 1.29 is 18.3 Å². The molecule has 0 atom stereocenters. The number of nitrogens with zero attached hydrogens (tertiary/aromatic N) is 1. The first kappa shape index (κ1) is 24.0. The maximum absolute atomic E-state index is 12.5. The SMILES string of the molecule is CCNC(=NCc1ccc(C(F)(F)F)cc1)NCC(O)(CC)CC.I. The molecule has 0 aromatic heterocycles. The van der Waals surface area contributed by atoms with E-state index in [2.05, 4.69) is 15.6 Å². The Morgan fingerprint density at radius 3 is 2.04 bits per heavy atom. The highest BCUT2D eigenvalue weighted by atomic mass is 127. The third-order valence-corrected chi connectivity index (χ3v) is 3.95. The monoisotopic (exact) mass is 473 g/mol. The molecule has 144 valence electrons. The molecule has 0 fully saturated rings. The number of aliphatic imine (C=N–C) groups is 1. The number of rotatable bonds is 7. The summed E-state index contributed by atoms with van der Waals surface area (Å²) in [6, 6.07) is 4.95. The predicted molar refractivity (Wildman–Crippen MR) is 105 cm³/mol. The largest absolute Gasteiger partial charge is 0.416 e. The number of guanidine groups is 1. The Morgan fingerprint density at radius 1 is 1.04 bits per heavy atom. The minimum Gasteiger partial charge on any atom is -0.388 e. The zero-order valence-electron chi connectivity index (χ0n) is 14.8. The number of benzene rings is 1. The lowest BCUT2D eigenvalue weighted by molar-refractivity contribution is -0.137. The van der Waals surface area contributed by atoms with E-state index < -0.39 is 17.3 Å². The maximum atomic E-state index is 12.5. The van der Waals surface area contributed by atoms with Gasteiger partial charge < -0.3 is 15.7 Å². The molecule has 0 saturated carbocycles. The molecular weight excluding hydrogens is 446 g/mol. The van der Waals surface area contributed by atoms with E-state index in [1.807, 2.05) is 20.8 Å². The lowest BCUT2D eigenvalue weighted by Crippen LogP contribution is -2.46. The molecule has 3 N–H and O–H groups in total. The van der Waals surface area contributed by atoms with Crippen molar-refractivity contribution in [2.75, 3.05) is 13.1 Å². The molecule has 0 aliphatic rings. The Bertz CT molecular complexity index is 529. The van der Waals surface area contributed by atoms with Crippen LogP contribution in [0.2, 0.25) is 0 Å². The molecule has 25 heavy (non-hydrogen) atoms. The van der Waals surface area contributed by atoms with Gasteiger partial charge in [0.15, 0.2) is 5.96 Å². The van der Waals surface area contributed by atoms with E-state index in [-0.39, 0.29) is 30.5 Å². The smallest absolute Gasteiger partial charge is 0.388 e. The highest BCUT2D eigenvalue weighted by Crippen LogP contribution is 2.29. The number of nitrogens with one attached hydrogen (secondary N) is 2. The molecule has 1 aromatic rings. The molecule has 0 bridgehead atoms. The summed E-state index contributed by atoms with van der Waals surface area (Å²) in [5, 5.41) is 16.4. The van der Waals surface area contributed by atoms with Gasteiger partial charge in [0.05, 0.1) is 17.7 Å². The molecule has 0 spiro atoms. The van der Waals surface area contributed by atoms with Gasteiger partial charge in [0.1, 0.15) is 0 Å². The topological polar surface area (TPSA) is 56.7 Å². The highest BCUT2D eigenvalue weighted by molar-refractivity contribution is 14.0. The molecule has 0 radical (unpaired) electrons. The number of alkyl halides is 3. The number of hydrogen-bond acceptors (Lipinski definition) is 2. The van der Waals surface area contributed by atoms with Gasteiger partial charge in [0, 0.05) is 13.1 Å². The Balaban J connectivity index is 0.00000576. The van der Waals surface area contributed by atoms with Gasteiger partial charge in [-0.1, -0.05) is 26.0 Å². The van der Waals surface area contributed by atoms with Crippen molar-refractivity contribution in [3.05, 3.63) is 35.4 Å². The standard InChI is InChI=1S/C17H26F3N3O.HI/c1-4-16(24,5-2)12-23-15(21-6-3)22-11-13-7-9-14(10-8-13)17(18,19)20;/h7-10,24H,4-6,11-12H2,1-3H3,(H2,21,22,23);1H. The van der Waals surface area contributed by atoms with Gasteiger partial charge in [-0.2, -0.15) is 13.2 Å². The molecule has 8 heteroatoms. The van der Waals surface area contributed by atoms with Crippen LogP contribution in [0.3, 0.4) is 0 Å². The third kappa shape index (κ3) is 8.26. The fraction of sp³-hybridized carbons (Fsp3) is 0.588. The van der Waals surface area contributed by atoms with Crippen molar-refractivity contribution in [3.8, 4) is 0 Å². The van der Waals surface area contributed by atoms with Crippen LogP contribution in [0.4, 0.5) is 13.2 Å². The lowest BCUT2D eigenvalue weighted by Gasteiger charge is -2.26. The predicted octanol–water partition coefficient (Wildman–Crippen LogP) is 3.93. The minimum absolute atomic E-state index is 0. The fourth-order valence-corrected chi connectivity index (χ4v) is 2.06. The molecule has 0 aliphatic heterocycles. The van der Waals surface area contributed by atoms with Gasteiger partial charge in [-0.3, -0.25) is 0 Å². The van der Waals surface area contributed by atoms with Crippen molar-refractivity contribution in [1.82, 2.24) is 10.6 Å². The van der Waals surface area contributed by atoms with E-state index in [4.69, 9.17) is 0 Å². The number of aliphatic hydroxyl groups is 1. The van der Waals surface area contributed by atoms with Gasteiger partial charge in [-0.05, 0) is 37.5 Å². The van der Waals surface area contributed by atoms with Gasteiger partial charge >= 0.3 is 6.18 Å². The van der Waals surface area contributed by atoms with Crippen molar-refractivity contribution in [3.63, 3.8) is 0 Å². The van der Waals surface area contributed by atoms with Crippen molar-refractivity contribution in [2.45, 2.75) is 51.9 Å². The van der Waals surface area contributed by atoms with Crippen LogP contribution >= 0.6 is 24.0 Å². The molecule has 0 amide bonds. The summed E-state index contributed by atoms with van der Waals surface area (Å²) in [7, 11) is 0. The van der Waals surface area contributed by atoms with Gasteiger partial charge in [0.25, 0.3) is 0 Å². The van der Waals surface area contributed by atoms with E-state index in [1.54, 1.807) is 0 Å². The Kier molecular flexibility index (Phi) is 10.4. The lowest BCUT2D eigenvalue weighted by atomic mass is 9.98. The van der Waals surface area contributed by atoms with Gasteiger partial charge in [-0.25, -0.2) is 4.99 Å². The number of halogens is 4. The van der Waals surface area contributed by atoms with Gasteiger partial charge in [-0.15, -0.1) is 24.0 Å². The molecule has 0 aliphatic carbocycles. The molecule has 0 heterocycles. The Morgan fingerprint density at radius 2 is 1.60 bits per heavy atom. The van der Waals surface area contributed by atoms with E-state index in [0.717, 1.165) is 12.1 Å². The molecule has 0 unspecified atom stereocenters. The first-order valence-electron chi connectivity index (χ1n) is 8.14. The van der Waals surface area contributed by atoms with Gasteiger partial charge in [0.2, 0.25) is 0 Å². The van der Waals surface area contributed by atoms with Crippen LogP contribution in [-0.4, -0.2) is 29.8 Å². The second-order valence-electron chi connectivity index (χ2n) is 5.67. The molecule has 1 aromatic carbocycles. The summed E-state index contributed by atoms with van der Waals surface area (Å²) in [6.45, 7) is 7.01. The zero-order valence-corrected chi connectivity index (χ0v) is 17.1. The van der Waals surface area contributed by atoms with E-state index in [9.17, 15) is 18.3 Å². The van der Waals surface area contributed by atoms with E-state index in [1.165, 1.54) is 12.1 Å². The van der Waals surface area contributed by atoms with Crippen LogP contribution in [0.15, 0.2) is 29.3 Å². The van der Waals surface area contributed by atoms with Crippen LogP contribution in [-0.2, 0) is 12.7 Å². The Hall–Kier alpha value is -1.03. The number of hydrogen-bond donors (Lipinski definition) is 3. The minimum atomic E-state index is -4.33. The van der Waals surface area contributed by atoms with Crippen molar-refractivity contribution in [1.29, 1.82) is 0 Å². The van der Waals surface area contributed by atoms with Crippen LogP contribution in [0, 0.1) is 0 Å². The summed E-state index contributed by atoms with van der Waals surface area (Å²) in [5.41, 5.74) is -0.789. The fourth-order valence-electron chi connectivity index (χ4n) is 2.06. The quantitative estimate of drug-likeness (QED) is 0.320. The zero-order chi connectivity index (χ0) is 18.2. The summed E-state index contributed by atoms with van der Waals surface area (Å²) < 4.78 is 37.6. The summed E-state index contributed by atoms with van der Waals surface area (Å²) >= 11 is 0. The van der Waals surface area contributed by atoms with Crippen LogP contribution in [0.5, 0.6) is 0 Å². The molecular formula is C17H27F3IN3O. The van der Waals surface area contributed by atoms with E-state index >= 15 is 0 Å². The Labute approximate surface area is 164 Å². The second kappa shape index (κ2) is 10.8. The normalized spacial score (nSPS) is 12.5. The highest BCUT2D eigenvalue weighted by Gasteiger charge is 2.29. The van der Waals surface area contributed by atoms with Crippen LogP contribution < -0.4 is 10.6 Å². The summed E-state index contributed by atoms with van der Waals surface area (Å²) in [6.07, 6.45) is -3.09. The average molecular weight is 473 g/mol. The molecule has 1 rings (SSSR count). The summed E-state index contributed by atoms with van der Waals surface area (Å²) in [4.78, 5) is 4.35. The molecule has 0 saturated heterocycles. The third-order valence-electron chi connectivity index (χ3n) is 3.95. The van der Waals surface area contributed by atoms with Crippen molar-refractivity contribution in [2.24, 2.45) is 4.99 Å². The molecule has 4 nitrogen and oxygen atoms in total. The van der Waals surface area contributed by atoms with Crippen LogP contribution in [0.1, 0.15) is 44.7 Å². The summed E-state index contributed by atoms with van der Waals surface area (Å²) in [5.74, 6) is 0.526.